The molecule has 20 heavy (non-hydrogen) atoms. The van der Waals surface area contributed by atoms with Crippen LogP contribution in [-0.2, 0) is 23.1 Å². The number of hydrogen-bond donors (Lipinski definition) is 4. The number of hydrogen-bond acceptors (Lipinski definition) is 7. The van der Waals surface area contributed by atoms with E-state index in [-0.39, 0.29) is 32.8 Å². The van der Waals surface area contributed by atoms with Gasteiger partial charge in [0.15, 0.2) is 0 Å². The summed E-state index contributed by atoms with van der Waals surface area (Å²) in [7, 11) is -4.18. The van der Waals surface area contributed by atoms with Gasteiger partial charge in [-0.15, -0.1) is 0 Å². The molecule has 0 heterocycles. The van der Waals surface area contributed by atoms with E-state index >= 15 is 0 Å². The molecule has 0 aromatic carbocycles. The van der Waals surface area contributed by atoms with Crippen LogP contribution >= 0.6 is 7.82 Å². The van der Waals surface area contributed by atoms with Crippen molar-refractivity contribution >= 4 is 13.8 Å². The SMILES string of the molecule is NCCOP(=O)(O)OC[C@H](CO)OCCCCC(=O)O. The summed E-state index contributed by atoms with van der Waals surface area (Å²) in [6.07, 6.45) is 0.222. The molecule has 0 rings (SSSR count). The van der Waals surface area contributed by atoms with Gasteiger partial charge in [-0.3, -0.25) is 13.8 Å². The zero-order chi connectivity index (χ0) is 15.4. The molecule has 0 aromatic heterocycles. The fourth-order valence-electron chi connectivity index (χ4n) is 1.16. The van der Waals surface area contributed by atoms with E-state index in [1.807, 2.05) is 0 Å². The zero-order valence-electron chi connectivity index (χ0n) is 11.1. The number of aliphatic hydroxyl groups excluding tert-OH is 1. The molecule has 0 spiro atoms. The minimum atomic E-state index is -4.18. The Labute approximate surface area is 117 Å². The standard InChI is InChI=1S/C10H22NO8P/c11-4-6-18-20(15,16)19-8-9(7-12)17-5-2-1-3-10(13)14/h9,12H,1-8,11H2,(H,13,14)(H,15,16)/t9-/m0/s1. The van der Waals surface area contributed by atoms with Crippen molar-refractivity contribution in [2.24, 2.45) is 5.73 Å². The van der Waals surface area contributed by atoms with Crippen LogP contribution in [0.15, 0.2) is 0 Å². The third-order valence-electron chi connectivity index (χ3n) is 2.14. The third kappa shape index (κ3) is 11.3. The third-order valence-corrected chi connectivity index (χ3v) is 3.12. The van der Waals surface area contributed by atoms with Crippen molar-refractivity contribution in [1.82, 2.24) is 0 Å². The molecule has 0 fully saturated rings. The summed E-state index contributed by atoms with van der Waals surface area (Å²) in [5.74, 6) is -0.884. The number of aliphatic hydroxyl groups is 1. The van der Waals surface area contributed by atoms with Crippen molar-refractivity contribution in [3.05, 3.63) is 0 Å². The molecule has 0 amide bonds. The highest BCUT2D eigenvalue weighted by molar-refractivity contribution is 7.47. The van der Waals surface area contributed by atoms with Gasteiger partial charge in [0, 0.05) is 19.6 Å². The van der Waals surface area contributed by atoms with E-state index < -0.39 is 26.5 Å². The summed E-state index contributed by atoms with van der Waals surface area (Å²) >= 11 is 0. The van der Waals surface area contributed by atoms with E-state index in [0.29, 0.717) is 12.8 Å². The van der Waals surface area contributed by atoms with Gasteiger partial charge < -0.3 is 25.6 Å². The molecule has 10 heteroatoms. The fourth-order valence-corrected chi connectivity index (χ4v) is 1.93. The molecule has 120 valence electrons. The van der Waals surface area contributed by atoms with Gasteiger partial charge in [-0.25, -0.2) is 4.57 Å². The van der Waals surface area contributed by atoms with Crippen LogP contribution in [0.25, 0.3) is 0 Å². The number of rotatable bonds is 13. The molecule has 0 aliphatic carbocycles. The molecule has 5 N–H and O–H groups in total. The zero-order valence-corrected chi connectivity index (χ0v) is 12.0. The van der Waals surface area contributed by atoms with Gasteiger partial charge in [0.2, 0.25) is 0 Å². The summed E-state index contributed by atoms with van der Waals surface area (Å²) in [5, 5.41) is 17.4. The molecular formula is C10H22NO8P. The molecule has 0 aliphatic heterocycles. The molecule has 1 unspecified atom stereocenters. The second kappa shape index (κ2) is 11.2. The molecule has 0 aliphatic rings. The molecule has 0 aromatic rings. The lowest BCUT2D eigenvalue weighted by atomic mass is 10.2. The molecule has 2 atom stereocenters. The van der Waals surface area contributed by atoms with Gasteiger partial charge in [-0.2, -0.15) is 0 Å². The predicted molar refractivity (Wildman–Crippen MR) is 69.1 cm³/mol. The average Bonchev–Trinajstić information content (AvgIpc) is 2.39. The summed E-state index contributed by atoms with van der Waals surface area (Å²) in [6.45, 7) is -0.518. The number of ether oxygens (including phenoxy) is 1. The van der Waals surface area contributed by atoms with Crippen LogP contribution in [0.4, 0.5) is 0 Å². The molecule has 0 bridgehead atoms. The van der Waals surface area contributed by atoms with Crippen LogP contribution in [0.5, 0.6) is 0 Å². The first-order chi connectivity index (χ1) is 9.41. The van der Waals surface area contributed by atoms with E-state index in [0.717, 1.165) is 0 Å². The quantitative estimate of drug-likeness (QED) is 0.266. The largest absolute Gasteiger partial charge is 0.481 e. The van der Waals surface area contributed by atoms with Crippen molar-refractivity contribution in [2.75, 3.05) is 33.0 Å². The van der Waals surface area contributed by atoms with Crippen LogP contribution in [-0.4, -0.2) is 60.2 Å². The lowest BCUT2D eigenvalue weighted by Crippen LogP contribution is -2.24. The van der Waals surface area contributed by atoms with Gasteiger partial charge >= 0.3 is 13.8 Å². The van der Waals surface area contributed by atoms with Crippen LogP contribution in [0.3, 0.4) is 0 Å². The van der Waals surface area contributed by atoms with Crippen LogP contribution in [0, 0.1) is 0 Å². The van der Waals surface area contributed by atoms with E-state index in [1.165, 1.54) is 0 Å². The van der Waals surface area contributed by atoms with Crippen LogP contribution in [0.1, 0.15) is 19.3 Å². The topological polar surface area (TPSA) is 149 Å². The maximum atomic E-state index is 11.3. The van der Waals surface area contributed by atoms with Gasteiger partial charge in [0.1, 0.15) is 6.10 Å². The van der Waals surface area contributed by atoms with E-state index in [4.69, 9.17) is 20.7 Å². The van der Waals surface area contributed by atoms with Crippen molar-refractivity contribution in [3.63, 3.8) is 0 Å². The molecular weight excluding hydrogens is 293 g/mol. The number of carboxylic acid groups (broad SMARTS) is 1. The molecule has 0 saturated heterocycles. The summed E-state index contributed by atoms with van der Waals surface area (Å²) < 4.78 is 25.6. The van der Waals surface area contributed by atoms with Gasteiger partial charge in [0.25, 0.3) is 0 Å². The predicted octanol–water partition coefficient (Wildman–Crippen LogP) is -0.289. The normalized spacial score (nSPS) is 15.8. The lowest BCUT2D eigenvalue weighted by molar-refractivity contribution is -0.137. The number of nitrogens with two attached hydrogens (primary N) is 1. The van der Waals surface area contributed by atoms with Crippen molar-refractivity contribution in [1.29, 1.82) is 0 Å². The molecule has 0 radical (unpaired) electrons. The Morgan fingerprint density at radius 1 is 1.25 bits per heavy atom. The van der Waals surface area contributed by atoms with E-state index in [9.17, 15) is 14.3 Å². The first kappa shape index (κ1) is 19.5. The molecule has 9 nitrogen and oxygen atoms in total. The molecule has 0 saturated carbocycles. The second-order valence-corrected chi connectivity index (χ2v) is 5.37. The van der Waals surface area contributed by atoms with Crippen molar-refractivity contribution in [3.8, 4) is 0 Å². The minimum Gasteiger partial charge on any atom is -0.481 e. The maximum absolute atomic E-state index is 11.3. The monoisotopic (exact) mass is 315 g/mol. The minimum absolute atomic E-state index is 0.0441. The smallest absolute Gasteiger partial charge is 0.472 e. The van der Waals surface area contributed by atoms with E-state index in [2.05, 4.69) is 9.05 Å². The first-order valence-electron chi connectivity index (χ1n) is 6.17. The fraction of sp³-hybridized carbons (Fsp3) is 0.900. The summed E-state index contributed by atoms with van der Waals surface area (Å²) in [5.41, 5.74) is 5.11. The Morgan fingerprint density at radius 2 is 1.95 bits per heavy atom. The van der Waals surface area contributed by atoms with Gasteiger partial charge in [-0.05, 0) is 12.8 Å². The Balaban J connectivity index is 3.80. The maximum Gasteiger partial charge on any atom is 0.472 e. The van der Waals surface area contributed by atoms with Gasteiger partial charge in [-0.1, -0.05) is 0 Å². The number of carboxylic acids is 1. The number of phosphoric acid groups is 1. The summed E-state index contributed by atoms with van der Waals surface area (Å²) in [6, 6.07) is 0. The highest BCUT2D eigenvalue weighted by Gasteiger charge is 2.23. The first-order valence-corrected chi connectivity index (χ1v) is 7.67. The summed E-state index contributed by atoms with van der Waals surface area (Å²) in [4.78, 5) is 19.5. The Morgan fingerprint density at radius 3 is 2.50 bits per heavy atom. The Bertz CT molecular complexity index is 314. The number of phosphoric ester groups is 1. The second-order valence-electron chi connectivity index (χ2n) is 3.91. The lowest BCUT2D eigenvalue weighted by Gasteiger charge is -2.17. The van der Waals surface area contributed by atoms with Gasteiger partial charge in [0.05, 0.1) is 19.8 Å². The Kier molecular flexibility index (Phi) is 10.9. The number of aliphatic carboxylic acids is 1. The van der Waals surface area contributed by atoms with E-state index in [1.54, 1.807) is 0 Å². The number of carbonyl (C=O) groups is 1. The van der Waals surface area contributed by atoms with Crippen molar-refractivity contribution in [2.45, 2.75) is 25.4 Å². The van der Waals surface area contributed by atoms with Crippen LogP contribution in [0.2, 0.25) is 0 Å². The number of unbranched alkanes of at least 4 members (excludes halogenated alkanes) is 1. The highest BCUT2D eigenvalue weighted by Crippen LogP contribution is 2.42. The highest BCUT2D eigenvalue weighted by atomic mass is 31.2. The van der Waals surface area contributed by atoms with Crippen molar-refractivity contribution < 1.29 is 38.3 Å². The van der Waals surface area contributed by atoms with Crippen LogP contribution < -0.4 is 5.73 Å². The average molecular weight is 315 g/mol. The Hall–Kier alpha value is -0.540.